The summed E-state index contributed by atoms with van der Waals surface area (Å²) in [6.45, 7) is 0. The van der Waals surface area contributed by atoms with E-state index >= 15 is 0 Å². The molecular formula is C13H10CaO14. The molecule has 0 amide bonds. The number of carboxylic acid groups (broad SMARTS) is 6. The number of carbonyl (C=O) groups is 6. The van der Waals surface area contributed by atoms with Crippen LogP contribution >= 0.6 is 0 Å². The van der Waals surface area contributed by atoms with Gasteiger partial charge in [0.25, 0.3) is 0 Å². The second kappa shape index (κ2) is 14.1. The summed E-state index contributed by atoms with van der Waals surface area (Å²) >= 11 is 0. The van der Waals surface area contributed by atoms with Gasteiger partial charge in [-0.3, -0.25) is 0 Å². The zero-order valence-electron chi connectivity index (χ0n) is 13.8. The van der Waals surface area contributed by atoms with E-state index in [4.69, 9.17) is 10.2 Å². The normalized spacial score (nSPS) is 10.1. The van der Waals surface area contributed by atoms with Crippen LogP contribution in [0.15, 0.2) is 0 Å². The third kappa shape index (κ3) is 14.1. The fraction of sp³-hybridized carbons (Fsp3) is 0.462. The van der Waals surface area contributed by atoms with Crippen LogP contribution in [0.25, 0.3) is 0 Å². The molecule has 0 aliphatic carbocycles. The number of carbonyl (C=O) groups excluding carboxylic acids is 6. The van der Waals surface area contributed by atoms with Crippen molar-refractivity contribution < 1.29 is 69.6 Å². The van der Waals surface area contributed by atoms with Gasteiger partial charge in [0.15, 0.2) is 0 Å². The van der Waals surface area contributed by atoms with E-state index in [-0.39, 0.29) is 45.2 Å². The summed E-state index contributed by atoms with van der Waals surface area (Å²) in [6, 6.07) is 0. The quantitative estimate of drug-likeness (QED) is 0.304. The minimum atomic E-state index is -2.97. The Morgan fingerprint density at radius 2 is 0.679 bits per heavy atom. The van der Waals surface area contributed by atoms with Crippen LogP contribution < -0.4 is 30.6 Å². The molecule has 0 aromatic rings. The Bertz CT molecular complexity index is 514. The van der Waals surface area contributed by atoms with E-state index in [1.165, 1.54) is 0 Å². The zero-order valence-corrected chi connectivity index (χ0v) is 16.0. The number of aliphatic carboxylic acids is 6. The van der Waals surface area contributed by atoms with Crippen molar-refractivity contribution >= 4 is 73.6 Å². The van der Waals surface area contributed by atoms with Crippen molar-refractivity contribution in [1.82, 2.24) is 0 Å². The van der Waals surface area contributed by atoms with Gasteiger partial charge in [0.05, 0.1) is 11.9 Å². The summed E-state index contributed by atoms with van der Waals surface area (Å²) < 4.78 is 0. The molecule has 0 spiro atoms. The molecular weight excluding hydrogens is 420 g/mol. The molecule has 0 saturated heterocycles. The van der Waals surface area contributed by atoms with Crippen molar-refractivity contribution in [2.75, 3.05) is 0 Å². The van der Waals surface area contributed by atoms with Gasteiger partial charge in [0, 0.05) is 49.6 Å². The summed E-state index contributed by atoms with van der Waals surface area (Å²) in [5.74, 6) is -12.0. The Hall–Kier alpha value is -2.00. The minimum Gasteiger partial charge on any atom is -0.550 e. The fourth-order valence-electron chi connectivity index (χ4n) is 1.37. The molecule has 0 saturated carbocycles. The summed E-state index contributed by atoms with van der Waals surface area (Å²) in [5, 5.41) is 77.9. The second-order valence-electron chi connectivity index (χ2n) is 4.83. The van der Waals surface area contributed by atoms with Crippen LogP contribution in [0.4, 0.5) is 0 Å². The third-order valence-corrected chi connectivity index (χ3v) is 2.51. The molecule has 28 heavy (non-hydrogen) atoms. The van der Waals surface area contributed by atoms with E-state index in [0.29, 0.717) is 0 Å². The Kier molecular flexibility index (Phi) is 16.9. The first-order valence-corrected chi connectivity index (χ1v) is 6.23. The van der Waals surface area contributed by atoms with Gasteiger partial charge in [-0.25, -0.2) is 0 Å². The molecule has 0 aromatic heterocycles. The van der Waals surface area contributed by atoms with Crippen molar-refractivity contribution in [3.63, 3.8) is 0 Å². The molecule has 0 fully saturated rings. The van der Waals surface area contributed by atoms with Crippen molar-refractivity contribution in [2.45, 2.75) is 36.9 Å². The molecule has 0 heterocycles. The summed E-state index contributed by atoms with van der Waals surface area (Å²) in [6.07, 6.45) is -5.43. The fourth-order valence-corrected chi connectivity index (χ4v) is 1.37. The second-order valence-corrected chi connectivity index (χ2v) is 4.83. The van der Waals surface area contributed by atoms with E-state index < -0.39 is 72.7 Å². The van der Waals surface area contributed by atoms with Gasteiger partial charge < -0.3 is 69.6 Å². The van der Waals surface area contributed by atoms with Crippen LogP contribution in [-0.2, 0) is 28.8 Å². The van der Waals surface area contributed by atoms with Crippen molar-refractivity contribution in [3.05, 3.63) is 7.43 Å². The molecule has 0 aliphatic rings. The first-order valence-electron chi connectivity index (χ1n) is 6.23. The molecule has 0 rings (SSSR count). The van der Waals surface area contributed by atoms with E-state index in [1.807, 2.05) is 0 Å². The number of aliphatic hydroxyl groups is 2. The van der Waals surface area contributed by atoms with Crippen LogP contribution in [0.2, 0.25) is 0 Å². The molecule has 0 unspecified atom stereocenters. The van der Waals surface area contributed by atoms with Crippen molar-refractivity contribution in [3.8, 4) is 0 Å². The average molecular weight is 430 g/mol. The average Bonchev–Trinajstić information content (AvgIpc) is 2.34. The van der Waals surface area contributed by atoms with Gasteiger partial charge in [-0.1, -0.05) is 0 Å². The van der Waals surface area contributed by atoms with E-state index in [2.05, 4.69) is 0 Å². The Morgan fingerprint density at radius 3 is 0.750 bits per heavy atom. The van der Waals surface area contributed by atoms with Crippen LogP contribution in [0.5, 0.6) is 0 Å². The van der Waals surface area contributed by atoms with Crippen LogP contribution in [0.1, 0.15) is 25.7 Å². The largest absolute Gasteiger partial charge is 4.00 e. The van der Waals surface area contributed by atoms with Crippen molar-refractivity contribution in [2.24, 2.45) is 0 Å². The Labute approximate surface area is 187 Å². The van der Waals surface area contributed by atoms with Crippen molar-refractivity contribution in [1.29, 1.82) is 0 Å². The maximum Gasteiger partial charge on any atom is 4.00 e. The maximum absolute atomic E-state index is 10.1. The topological polar surface area (TPSA) is 281 Å². The Balaban J connectivity index is -0.000000192. The first-order chi connectivity index (χ1) is 11.6. The van der Waals surface area contributed by atoms with Gasteiger partial charge in [0.2, 0.25) is 0 Å². The molecule has 0 radical (unpaired) electrons. The number of carboxylic acids is 6. The van der Waals surface area contributed by atoms with Gasteiger partial charge in [-0.2, -0.15) is 0 Å². The Morgan fingerprint density at radius 1 is 0.536 bits per heavy atom. The third-order valence-electron chi connectivity index (χ3n) is 2.51. The van der Waals surface area contributed by atoms with Gasteiger partial charge in [-0.15, -0.1) is 0 Å². The van der Waals surface area contributed by atoms with Gasteiger partial charge in [0.1, 0.15) is 11.2 Å². The molecule has 2 N–H and O–H groups in total. The first kappa shape index (κ1) is 33.6. The molecule has 14 nitrogen and oxygen atoms in total. The molecule has 0 atom stereocenters. The maximum atomic E-state index is 10.1. The molecule has 0 bridgehead atoms. The predicted molar refractivity (Wildman–Crippen MR) is 67.4 cm³/mol. The zero-order chi connectivity index (χ0) is 21.3. The summed E-state index contributed by atoms with van der Waals surface area (Å²) in [4.78, 5) is 60.0. The van der Waals surface area contributed by atoms with E-state index in [0.717, 1.165) is 0 Å². The number of hydrogen-bond donors (Lipinski definition) is 2. The standard InChI is InChI=1S/2C6H8O7.C.Ca/c2*7-3(8)1-6(13,5(11)12)2-4(9)10;;/h2*13H,1-2H2,(H,7,8)(H,9,10)(H,11,12);;/q;;+4;+2/p-6. The van der Waals surface area contributed by atoms with E-state index in [9.17, 15) is 59.4 Å². The monoisotopic (exact) mass is 430 g/mol. The predicted octanol–water partition coefficient (Wildman–Crippen LogP) is -10.8. The van der Waals surface area contributed by atoms with E-state index in [1.54, 1.807) is 0 Å². The summed E-state index contributed by atoms with van der Waals surface area (Å²) in [5.41, 5.74) is -5.95. The SMILES string of the molecule is O=C([O-])CC(O)(CC(=O)[O-])C(=O)[O-].O=C([O-])CC(O)(CC(=O)[O-])C(=O)[O-].[C+4].[Ca+2]. The van der Waals surface area contributed by atoms with Crippen LogP contribution in [0, 0.1) is 7.43 Å². The molecule has 0 aromatic carbocycles. The smallest absolute Gasteiger partial charge is 0.550 e. The molecule has 0 aliphatic heterocycles. The summed E-state index contributed by atoms with van der Waals surface area (Å²) in [7, 11) is 0. The molecule has 15 heteroatoms. The van der Waals surface area contributed by atoms with Crippen LogP contribution in [-0.4, -0.2) is 95.0 Å². The van der Waals surface area contributed by atoms with Gasteiger partial charge >= 0.3 is 45.2 Å². The van der Waals surface area contributed by atoms with Gasteiger partial charge in [-0.05, 0) is 0 Å². The minimum absolute atomic E-state index is 0. The molecule has 148 valence electrons. The number of rotatable bonds is 10. The number of hydrogen-bond acceptors (Lipinski definition) is 14. The van der Waals surface area contributed by atoms with Crippen LogP contribution in [0.3, 0.4) is 0 Å².